The number of nitriles is 1. The first kappa shape index (κ1) is 12.1. The lowest BCUT2D eigenvalue weighted by Gasteiger charge is -2.02. The van der Waals surface area contributed by atoms with Crippen LogP contribution in [0.5, 0.6) is 0 Å². The van der Waals surface area contributed by atoms with E-state index in [9.17, 15) is 0 Å². The van der Waals surface area contributed by atoms with Crippen LogP contribution in [0.3, 0.4) is 0 Å². The Morgan fingerprint density at radius 3 is 2.75 bits per heavy atom. The molecule has 0 aromatic heterocycles. The van der Waals surface area contributed by atoms with Crippen molar-refractivity contribution in [2.45, 2.75) is 6.92 Å². The maximum atomic E-state index is 8.62. The standard InChI is InChI=1S/C11H12N4S/c1-2-13-11(16)15-14-8-10-5-3-9(7-12)4-6-10/h3-6,8H,2H2,1H3,(H2,13,15,16)/b14-8-. The number of nitrogens with one attached hydrogen (secondary N) is 2. The number of hydrazone groups is 1. The van der Waals surface area contributed by atoms with E-state index in [1.54, 1.807) is 18.3 Å². The van der Waals surface area contributed by atoms with Gasteiger partial charge in [0.1, 0.15) is 0 Å². The minimum absolute atomic E-state index is 0.493. The second-order valence-electron chi connectivity index (χ2n) is 2.96. The number of hydrogen-bond acceptors (Lipinski definition) is 3. The third-order valence-electron chi connectivity index (χ3n) is 1.76. The highest BCUT2D eigenvalue weighted by Crippen LogP contribution is 2.00. The van der Waals surface area contributed by atoms with Crippen molar-refractivity contribution in [2.75, 3.05) is 6.54 Å². The first-order valence-electron chi connectivity index (χ1n) is 4.83. The van der Waals surface area contributed by atoms with Gasteiger partial charge in [-0.2, -0.15) is 10.4 Å². The summed E-state index contributed by atoms with van der Waals surface area (Å²) in [5.41, 5.74) is 4.23. The molecule has 1 rings (SSSR count). The van der Waals surface area contributed by atoms with E-state index in [4.69, 9.17) is 17.5 Å². The van der Waals surface area contributed by atoms with Gasteiger partial charge in [-0.25, -0.2) is 0 Å². The van der Waals surface area contributed by atoms with E-state index in [-0.39, 0.29) is 0 Å². The largest absolute Gasteiger partial charge is 0.362 e. The van der Waals surface area contributed by atoms with Crippen molar-refractivity contribution >= 4 is 23.5 Å². The van der Waals surface area contributed by atoms with Gasteiger partial charge in [0.05, 0.1) is 17.8 Å². The molecular formula is C11H12N4S. The van der Waals surface area contributed by atoms with E-state index >= 15 is 0 Å². The number of rotatable bonds is 3. The molecule has 0 fully saturated rings. The van der Waals surface area contributed by atoms with E-state index in [0.29, 0.717) is 10.7 Å². The second-order valence-corrected chi connectivity index (χ2v) is 3.37. The molecule has 0 amide bonds. The summed E-state index contributed by atoms with van der Waals surface area (Å²) in [7, 11) is 0. The van der Waals surface area contributed by atoms with Crippen molar-refractivity contribution in [3.05, 3.63) is 35.4 Å². The molecule has 16 heavy (non-hydrogen) atoms. The topological polar surface area (TPSA) is 60.2 Å². The van der Waals surface area contributed by atoms with Crippen LogP contribution in [0, 0.1) is 11.3 Å². The van der Waals surface area contributed by atoms with Gasteiger partial charge in [0, 0.05) is 6.54 Å². The molecular weight excluding hydrogens is 220 g/mol. The van der Waals surface area contributed by atoms with Crippen molar-refractivity contribution in [2.24, 2.45) is 5.10 Å². The highest BCUT2D eigenvalue weighted by Gasteiger charge is 1.91. The van der Waals surface area contributed by atoms with Crippen molar-refractivity contribution < 1.29 is 0 Å². The molecule has 4 nitrogen and oxygen atoms in total. The maximum Gasteiger partial charge on any atom is 0.186 e. The van der Waals surface area contributed by atoms with Crippen LogP contribution in [0.1, 0.15) is 18.1 Å². The van der Waals surface area contributed by atoms with E-state index < -0.39 is 0 Å². The van der Waals surface area contributed by atoms with Crippen LogP contribution < -0.4 is 10.7 Å². The van der Waals surface area contributed by atoms with Gasteiger partial charge >= 0.3 is 0 Å². The Balaban J connectivity index is 2.50. The lowest BCUT2D eigenvalue weighted by molar-refractivity contribution is 0.904. The zero-order valence-corrected chi connectivity index (χ0v) is 9.71. The zero-order chi connectivity index (χ0) is 11.8. The third-order valence-corrected chi connectivity index (χ3v) is 1.99. The Labute approximate surface area is 100.0 Å². The predicted molar refractivity (Wildman–Crippen MR) is 68.2 cm³/mol. The van der Waals surface area contributed by atoms with Crippen molar-refractivity contribution in [1.29, 1.82) is 5.26 Å². The predicted octanol–water partition coefficient (Wildman–Crippen LogP) is 1.38. The minimum Gasteiger partial charge on any atom is -0.362 e. The van der Waals surface area contributed by atoms with Gasteiger partial charge in [-0.05, 0) is 36.8 Å². The van der Waals surface area contributed by atoms with Gasteiger partial charge in [-0.1, -0.05) is 12.1 Å². The Hall–Kier alpha value is -1.93. The third kappa shape index (κ3) is 4.07. The fourth-order valence-corrected chi connectivity index (χ4v) is 1.21. The second kappa shape index (κ2) is 6.53. The molecule has 0 saturated carbocycles. The Bertz CT molecular complexity index is 417. The molecule has 0 spiro atoms. The van der Waals surface area contributed by atoms with Crippen LogP contribution >= 0.6 is 12.2 Å². The van der Waals surface area contributed by atoms with Crippen molar-refractivity contribution in [3.63, 3.8) is 0 Å². The lowest BCUT2D eigenvalue weighted by atomic mass is 10.2. The molecule has 0 aliphatic carbocycles. The Kier molecular flexibility index (Phi) is 4.96. The first-order valence-corrected chi connectivity index (χ1v) is 5.24. The van der Waals surface area contributed by atoms with E-state index in [1.165, 1.54) is 0 Å². The molecule has 5 heteroatoms. The molecule has 82 valence electrons. The molecule has 0 aliphatic rings. The average Bonchev–Trinajstić information content (AvgIpc) is 2.30. The Morgan fingerprint density at radius 1 is 1.50 bits per heavy atom. The molecule has 1 aromatic rings. The van der Waals surface area contributed by atoms with Crippen LogP contribution in [-0.2, 0) is 0 Å². The molecule has 2 N–H and O–H groups in total. The van der Waals surface area contributed by atoms with Gasteiger partial charge < -0.3 is 5.32 Å². The van der Waals surface area contributed by atoms with E-state index in [1.807, 2.05) is 19.1 Å². The van der Waals surface area contributed by atoms with E-state index in [2.05, 4.69) is 21.9 Å². The molecule has 0 radical (unpaired) electrons. The van der Waals surface area contributed by atoms with Crippen molar-refractivity contribution in [1.82, 2.24) is 10.7 Å². The smallest absolute Gasteiger partial charge is 0.186 e. The van der Waals surface area contributed by atoms with Crippen LogP contribution in [0.4, 0.5) is 0 Å². The maximum absolute atomic E-state index is 8.62. The quantitative estimate of drug-likeness (QED) is 0.469. The highest BCUT2D eigenvalue weighted by atomic mass is 32.1. The molecule has 0 bridgehead atoms. The summed E-state index contributed by atoms with van der Waals surface area (Å²) in [6.07, 6.45) is 1.64. The summed E-state index contributed by atoms with van der Waals surface area (Å²) in [6.45, 7) is 2.72. The summed E-state index contributed by atoms with van der Waals surface area (Å²) in [5, 5.41) is 16.0. The van der Waals surface area contributed by atoms with Crippen LogP contribution in [0.25, 0.3) is 0 Å². The number of nitrogens with zero attached hydrogens (tertiary/aromatic N) is 2. The molecule has 0 aliphatic heterocycles. The zero-order valence-electron chi connectivity index (χ0n) is 8.90. The van der Waals surface area contributed by atoms with Gasteiger partial charge in [0.15, 0.2) is 5.11 Å². The van der Waals surface area contributed by atoms with Crippen LogP contribution in [0.2, 0.25) is 0 Å². The fraction of sp³-hybridized carbons (Fsp3) is 0.182. The number of hydrogen-bond donors (Lipinski definition) is 2. The van der Waals surface area contributed by atoms with Gasteiger partial charge in [-0.15, -0.1) is 0 Å². The summed E-state index contributed by atoms with van der Waals surface area (Å²) in [4.78, 5) is 0. The lowest BCUT2D eigenvalue weighted by Crippen LogP contribution is -2.31. The van der Waals surface area contributed by atoms with Gasteiger partial charge in [0.2, 0.25) is 0 Å². The first-order chi connectivity index (χ1) is 7.76. The highest BCUT2D eigenvalue weighted by molar-refractivity contribution is 7.80. The molecule has 0 atom stereocenters. The van der Waals surface area contributed by atoms with Gasteiger partial charge in [0.25, 0.3) is 0 Å². The monoisotopic (exact) mass is 232 g/mol. The molecule has 0 heterocycles. The number of thiocarbonyl (C=S) groups is 1. The molecule has 1 aromatic carbocycles. The van der Waals surface area contributed by atoms with Crippen molar-refractivity contribution in [3.8, 4) is 6.07 Å². The summed E-state index contributed by atoms with van der Waals surface area (Å²) in [6, 6.07) is 9.17. The number of benzene rings is 1. The average molecular weight is 232 g/mol. The van der Waals surface area contributed by atoms with Crippen LogP contribution in [-0.4, -0.2) is 17.9 Å². The fourth-order valence-electron chi connectivity index (χ4n) is 1.01. The summed E-state index contributed by atoms with van der Waals surface area (Å²) < 4.78 is 0. The summed E-state index contributed by atoms with van der Waals surface area (Å²) in [5.74, 6) is 0. The minimum atomic E-state index is 0.493. The van der Waals surface area contributed by atoms with Gasteiger partial charge in [-0.3, -0.25) is 5.43 Å². The Morgan fingerprint density at radius 2 is 2.19 bits per heavy atom. The molecule has 0 saturated heterocycles. The molecule has 0 unspecified atom stereocenters. The van der Waals surface area contributed by atoms with Crippen LogP contribution in [0.15, 0.2) is 29.4 Å². The van der Waals surface area contributed by atoms with E-state index in [0.717, 1.165) is 12.1 Å². The normalized spacial score (nSPS) is 9.75. The SMILES string of the molecule is CCNC(=S)N/N=C\c1ccc(C#N)cc1. The summed E-state index contributed by atoms with van der Waals surface area (Å²) >= 11 is 4.93.